The van der Waals surface area contributed by atoms with Gasteiger partial charge in [-0.1, -0.05) is 12.1 Å². The van der Waals surface area contributed by atoms with E-state index in [1.165, 1.54) is 16.8 Å². The molecule has 1 atom stereocenters. The number of piperidine rings is 1. The Kier molecular flexibility index (Phi) is 4.90. The largest absolute Gasteiger partial charge is 0.368 e. The van der Waals surface area contributed by atoms with Gasteiger partial charge in [0.15, 0.2) is 0 Å². The van der Waals surface area contributed by atoms with E-state index in [2.05, 4.69) is 53.8 Å². The maximum atomic E-state index is 12.7. The van der Waals surface area contributed by atoms with Crippen molar-refractivity contribution in [3.05, 3.63) is 29.3 Å². The second kappa shape index (κ2) is 6.91. The Bertz CT molecular complexity index is 564. The lowest BCUT2D eigenvalue weighted by molar-refractivity contribution is -0.137. The van der Waals surface area contributed by atoms with Crippen LogP contribution in [0.15, 0.2) is 18.2 Å². The molecule has 0 radical (unpaired) electrons. The molecule has 23 heavy (non-hydrogen) atoms. The van der Waals surface area contributed by atoms with E-state index < -0.39 is 0 Å². The predicted molar refractivity (Wildman–Crippen MR) is 94.9 cm³/mol. The van der Waals surface area contributed by atoms with E-state index in [1.807, 2.05) is 0 Å². The molecule has 4 nitrogen and oxygen atoms in total. The summed E-state index contributed by atoms with van der Waals surface area (Å²) in [4.78, 5) is 19.6. The van der Waals surface area contributed by atoms with Gasteiger partial charge in [0.05, 0.1) is 5.92 Å². The van der Waals surface area contributed by atoms with E-state index in [4.69, 9.17) is 0 Å². The number of aryl methyl sites for hydroxylation is 1. The fourth-order valence-corrected chi connectivity index (χ4v) is 3.87. The summed E-state index contributed by atoms with van der Waals surface area (Å²) in [6, 6.07) is 6.50. The molecule has 2 fully saturated rings. The maximum Gasteiger partial charge on any atom is 0.227 e. The van der Waals surface area contributed by atoms with Crippen molar-refractivity contribution in [1.29, 1.82) is 0 Å². The second-order valence-corrected chi connectivity index (χ2v) is 7.13. The first-order valence-corrected chi connectivity index (χ1v) is 8.85. The molecule has 126 valence electrons. The zero-order valence-corrected chi connectivity index (χ0v) is 14.7. The van der Waals surface area contributed by atoms with Crippen LogP contribution in [0.3, 0.4) is 0 Å². The molecule has 1 aromatic rings. The van der Waals surface area contributed by atoms with Gasteiger partial charge in [0.25, 0.3) is 0 Å². The van der Waals surface area contributed by atoms with Crippen LogP contribution in [-0.2, 0) is 4.79 Å². The number of piperazine rings is 1. The first-order valence-electron chi connectivity index (χ1n) is 8.85. The number of rotatable bonds is 2. The third-order valence-corrected chi connectivity index (χ3v) is 5.48. The number of carbonyl (C=O) groups excluding carboxylic acids is 1. The van der Waals surface area contributed by atoms with Crippen molar-refractivity contribution in [3.8, 4) is 0 Å². The highest BCUT2D eigenvalue weighted by molar-refractivity contribution is 5.79. The Morgan fingerprint density at radius 1 is 1.09 bits per heavy atom. The van der Waals surface area contributed by atoms with Gasteiger partial charge in [-0.3, -0.25) is 4.79 Å². The normalized spacial score (nSPS) is 23.2. The molecule has 0 bridgehead atoms. The second-order valence-electron chi connectivity index (χ2n) is 7.13. The summed E-state index contributed by atoms with van der Waals surface area (Å²) in [7, 11) is 2.12. The lowest BCUT2D eigenvalue weighted by Crippen LogP contribution is -2.52. The highest BCUT2D eigenvalue weighted by atomic mass is 16.2. The summed E-state index contributed by atoms with van der Waals surface area (Å²) < 4.78 is 0. The van der Waals surface area contributed by atoms with Gasteiger partial charge in [0.2, 0.25) is 5.91 Å². The topological polar surface area (TPSA) is 26.8 Å². The molecular weight excluding hydrogens is 286 g/mol. The number of amides is 1. The quantitative estimate of drug-likeness (QED) is 0.838. The Labute approximate surface area is 140 Å². The fraction of sp³-hybridized carbons (Fsp3) is 0.632. The molecule has 3 rings (SSSR count). The molecule has 0 N–H and O–H groups in total. The lowest BCUT2D eigenvalue weighted by atomic mass is 9.96. The Morgan fingerprint density at radius 3 is 2.52 bits per heavy atom. The number of carbonyl (C=O) groups is 1. The van der Waals surface area contributed by atoms with Gasteiger partial charge in [-0.25, -0.2) is 0 Å². The summed E-state index contributed by atoms with van der Waals surface area (Å²) in [5.41, 5.74) is 4.03. The van der Waals surface area contributed by atoms with Crippen LogP contribution in [0.25, 0.3) is 0 Å². The molecule has 1 aromatic carbocycles. The Morgan fingerprint density at radius 2 is 1.83 bits per heavy atom. The minimum Gasteiger partial charge on any atom is -0.368 e. The molecular formula is C19H29N3O. The summed E-state index contributed by atoms with van der Waals surface area (Å²) in [5, 5.41) is 0. The van der Waals surface area contributed by atoms with Crippen LogP contribution in [0.1, 0.15) is 24.0 Å². The van der Waals surface area contributed by atoms with Gasteiger partial charge < -0.3 is 14.7 Å². The van der Waals surface area contributed by atoms with Crippen molar-refractivity contribution in [2.24, 2.45) is 5.92 Å². The highest BCUT2D eigenvalue weighted by Gasteiger charge is 2.30. The number of likely N-dealkylation sites (tertiary alicyclic amines) is 1. The van der Waals surface area contributed by atoms with Crippen LogP contribution >= 0.6 is 0 Å². The standard InChI is InChI=1S/C19H29N3O/c1-15-6-4-8-18(16(15)2)21-10-12-22(13-11-21)19(23)17-7-5-9-20(3)14-17/h4,6,8,17H,5,7,9-14H2,1-3H3. The molecule has 0 saturated carbocycles. The number of anilines is 1. The monoisotopic (exact) mass is 315 g/mol. The SMILES string of the molecule is Cc1cccc(N2CCN(C(=O)C3CCCN(C)C3)CC2)c1C. The number of hydrogen-bond acceptors (Lipinski definition) is 3. The average Bonchev–Trinajstić information content (AvgIpc) is 2.57. The first kappa shape index (κ1) is 16.3. The van der Waals surface area contributed by atoms with E-state index in [9.17, 15) is 4.79 Å². The molecule has 2 saturated heterocycles. The molecule has 1 unspecified atom stereocenters. The molecule has 2 aliphatic rings. The van der Waals surface area contributed by atoms with E-state index in [1.54, 1.807) is 0 Å². The third kappa shape index (κ3) is 3.52. The van der Waals surface area contributed by atoms with Gasteiger partial charge in [-0.15, -0.1) is 0 Å². The van der Waals surface area contributed by atoms with Crippen molar-refractivity contribution < 1.29 is 4.79 Å². The predicted octanol–water partition coefficient (Wildman–Crippen LogP) is 2.29. The molecule has 4 heteroatoms. The molecule has 0 spiro atoms. The molecule has 0 aromatic heterocycles. The fourth-order valence-electron chi connectivity index (χ4n) is 3.87. The third-order valence-electron chi connectivity index (χ3n) is 5.48. The number of hydrogen-bond donors (Lipinski definition) is 0. The van der Waals surface area contributed by atoms with E-state index in [0.717, 1.165) is 52.1 Å². The molecule has 2 aliphatic heterocycles. The van der Waals surface area contributed by atoms with Gasteiger partial charge in [0.1, 0.15) is 0 Å². The summed E-state index contributed by atoms with van der Waals surface area (Å²) in [5.74, 6) is 0.582. The van der Waals surface area contributed by atoms with Crippen LogP contribution in [0.5, 0.6) is 0 Å². The van der Waals surface area contributed by atoms with E-state index >= 15 is 0 Å². The zero-order valence-electron chi connectivity index (χ0n) is 14.7. The van der Waals surface area contributed by atoms with Gasteiger partial charge in [0, 0.05) is 38.4 Å². The zero-order chi connectivity index (χ0) is 16.4. The van der Waals surface area contributed by atoms with Gasteiger partial charge in [-0.2, -0.15) is 0 Å². The van der Waals surface area contributed by atoms with Crippen molar-refractivity contribution >= 4 is 11.6 Å². The van der Waals surface area contributed by atoms with Crippen LogP contribution in [0.2, 0.25) is 0 Å². The van der Waals surface area contributed by atoms with Crippen molar-refractivity contribution in [1.82, 2.24) is 9.80 Å². The van der Waals surface area contributed by atoms with Crippen LogP contribution in [-0.4, -0.2) is 62.0 Å². The van der Waals surface area contributed by atoms with Gasteiger partial charge >= 0.3 is 0 Å². The smallest absolute Gasteiger partial charge is 0.227 e. The average molecular weight is 315 g/mol. The van der Waals surface area contributed by atoms with Crippen LogP contribution in [0.4, 0.5) is 5.69 Å². The van der Waals surface area contributed by atoms with Crippen molar-refractivity contribution in [2.75, 3.05) is 51.2 Å². The first-order chi connectivity index (χ1) is 11.1. The summed E-state index contributed by atoms with van der Waals surface area (Å²) >= 11 is 0. The van der Waals surface area contributed by atoms with Gasteiger partial charge in [-0.05, 0) is 57.5 Å². The molecule has 1 amide bonds. The summed E-state index contributed by atoms with van der Waals surface area (Å²) in [6.45, 7) is 10.0. The summed E-state index contributed by atoms with van der Waals surface area (Å²) in [6.07, 6.45) is 2.20. The molecule has 2 heterocycles. The minimum absolute atomic E-state index is 0.209. The van der Waals surface area contributed by atoms with E-state index in [-0.39, 0.29) is 5.92 Å². The molecule has 0 aliphatic carbocycles. The van der Waals surface area contributed by atoms with Crippen molar-refractivity contribution in [2.45, 2.75) is 26.7 Å². The number of nitrogens with zero attached hydrogens (tertiary/aromatic N) is 3. The highest BCUT2D eigenvalue weighted by Crippen LogP contribution is 2.25. The van der Waals surface area contributed by atoms with Crippen LogP contribution in [0, 0.1) is 19.8 Å². The van der Waals surface area contributed by atoms with E-state index in [0.29, 0.717) is 5.91 Å². The van der Waals surface area contributed by atoms with Crippen LogP contribution < -0.4 is 4.90 Å². The maximum absolute atomic E-state index is 12.7. The Balaban J connectivity index is 1.60. The minimum atomic E-state index is 0.209. The number of benzene rings is 1. The van der Waals surface area contributed by atoms with Crippen molar-refractivity contribution in [3.63, 3.8) is 0 Å². The Hall–Kier alpha value is -1.55. The lowest BCUT2D eigenvalue weighted by Gasteiger charge is -2.39.